The number of benzene rings is 1. The van der Waals surface area contributed by atoms with Crippen LogP contribution in [0.25, 0.3) is 0 Å². The number of anilines is 1. The van der Waals surface area contributed by atoms with Crippen molar-refractivity contribution in [2.24, 2.45) is 5.10 Å². The highest BCUT2D eigenvalue weighted by Crippen LogP contribution is 2.36. The van der Waals surface area contributed by atoms with Gasteiger partial charge in [-0.2, -0.15) is 5.10 Å². The standard InChI is InChI=1S/C14H16ClN3O2S/c1-3-19-12-8-10(7-11(15)13(12)20-4-2)9-17-18-14-16-5-6-21-14/h5-9H,3-4H2,1-2H3,(H,16,18)/b17-9-. The van der Waals surface area contributed by atoms with Gasteiger partial charge in [-0.25, -0.2) is 4.98 Å². The van der Waals surface area contributed by atoms with Crippen LogP contribution in [0, 0.1) is 0 Å². The van der Waals surface area contributed by atoms with Gasteiger partial charge in [0.1, 0.15) is 0 Å². The van der Waals surface area contributed by atoms with Gasteiger partial charge in [0, 0.05) is 11.6 Å². The molecular weight excluding hydrogens is 310 g/mol. The van der Waals surface area contributed by atoms with Gasteiger partial charge in [0.15, 0.2) is 11.5 Å². The first kappa shape index (κ1) is 15.6. The van der Waals surface area contributed by atoms with E-state index < -0.39 is 0 Å². The summed E-state index contributed by atoms with van der Waals surface area (Å²) in [5.41, 5.74) is 3.66. The van der Waals surface area contributed by atoms with E-state index in [1.807, 2.05) is 25.3 Å². The molecule has 1 aromatic carbocycles. The van der Waals surface area contributed by atoms with Crippen LogP contribution in [0.15, 0.2) is 28.8 Å². The van der Waals surface area contributed by atoms with Crippen molar-refractivity contribution < 1.29 is 9.47 Å². The lowest BCUT2D eigenvalue weighted by molar-refractivity contribution is 0.288. The Morgan fingerprint density at radius 3 is 2.81 bits per heavy atom. The van der Waals surface area contributed by atoms with Gasteiger partial charge in [-0.05, 0) is 31.5 Å². The van der Waals surface area contributed by atoms with E-state index in [9.17, 15) is 0 Å². The minimum absolute atomic E-state index is 0.499. The van der Waals surface area contributed by atoms with E-state index in [0.29, 0.717) is 29.7 Å². The van der Waals surface area contributed by atoms with E-state index in [0.717, 1.165) is 10.7 Å². The molecule has 0 spiro atoms. The van der Waals surface area contributed by atoms with E-state index in [1.165, 1.54) is 11.3 Å². The third-order valence-electron chi connectivity index (χ3n) is 2.43. The molecule has 0 saturated carbocycles. The van der Waals surface area contributed by atoms with Crippen LogP contribution in [0.2, 0.25) is 5.02 Å². The lowest BCUT2D eigenvalue weighted by Crippen LogP contribution is -2.00. The van der Waals surface area contributed by atoms with Gasteiger partial charge in [-0.15, -0.1) is 11.3 Å². The number of ether oxygens (including phenoxy) is 2. The molecule has 112 valence electrons. The van der Waals surface area contributed by atoms with Crippen LogP contribution in [0.5, 0.6) is 11.5 Å². The first-order chi connectivity index (χ1) is 10.2. The SMILES string of the molecule is CCOc1cc(/C=N\Nc2nccs2)cc(Cl)c1OCC. The minimum atomic E-state index is 0.499. The summed E-state index contributed by atoms with van der Waals surface area (Å²) in [4.78, 5) is 4.07. The van der Waals surface area contributed by atoms with Crippen LogP contribution in [0.3, 0.4) is 0 Å². The number of hydrazone groups is 1. The van der Waals surface area contributed by atoms with Gasteiger partial charge in [0.05, 0.1) is 24.5 Å². The van der Waals surface area contributed by atoms with Crippen molar-refractivity contribution in [2.75, 3.05) is 18.6 Å². The zero-order valence-electron chi connectivity index (χ0n) is 11.8. The topological polar surface area (TPSA) is 55.7 Å². The summed E-state index contributed by atoms with van der Waals surface area (Å²) in [6.45, 7) is 4.88. The lowest BCUT2D eigenvalue weighted by atomic mass is 10.2. The van der Waals surface area contributed by atoms with Gasteiger partial charge in [-0.3, -0.25) is 5.43 Å². The Morgan fingerprint density at radius 1 is 1.33 bits per heavy atom. The maximum Gasteiger partial charge on any atom is 0.203 e. The molecule has 0 atom stereocenters. The Balaban J connectivity index is 2.17. The third kappa shape index (κ3) is 4.34. The van der Waals surface area contributed by atoms with Gasteiger partial charge in [0.25, 0.3) is 0 Å². The first-order valence-corrected chi connectivity index (χ1v) is 7.78. The molecule has 1 heterocycles. The van der Waals surface area contributed by atoms with Crippen LogP contribution < -0.4 is 14.9 Å². The van der Waals surface area contributed by atoms with Crippen molar-refractivity contribution in [1.29, 1.82) is 0 Å². The van der Waals surface area contributed by atoms with E-state index in [2.05, 4.69) is 15.5 Å². The normalized spacial score (nSPS) is 10.8. The second-order valence-corrected chi connectivity index (χ2v) is 5.21. The van der Waals surface area contributed by atoms with Gasteiger partial charge in [-0.1, -0.05) is 11.6 Å². The Bertz CT molecular complexity index is 603. The molecule has 21 heavy (non-hydrogen) atoms. The highest BCUT2D eigenvalue weighted by Gasteiger charge is 2.11. The molecule has 0 radical (unpaired) electrons. The summed E-state index contributed by atoms with van der Waals surface area (Å²) in [6, 6.07) is 3.62. The van der Waals surface area contributed by atoms with Gasteiger partial charge < -0.3 is 9.47 Å². The van der Waals surface area contributed by atoms with Crippen molar-refractivity contribution >= 4 is 34.3 Å². The molecule has 0 aliphatic rings. The predicted octanol–water partition coefficient (Wildman–Crippen LogP) is 4.04. The maximum absolute atomic E-state index is 6.23. The lowest BCUT2D eigenvalue weighted by Gasteiger charge is -2.13. The second-order valence-electron chi connectivity index (χ2n) is 3.90. The van der Waals surface area contributed by atoms with Crippen LogP contribution in [-0.4, -0.2) is 24.4 Å². The highest BCUT2D eigenvalue weighted by molar-refractivity contribution is 7.13. The zero-order chi connectivity index (χ0) is 15.1. The molecule has 0 fully saturated rings. The fraction of sp³-hybridized carbons (Fsp3) is 0.286. The molecule has 0 bridgehead atoms. The number of hydrogen-bond acceptors (Lipinski definition) is 6. The summed E-state index contributed by atoms with van der Waals surface area (Å²) < 4.78 is 11.1. The van der Waals surface area contributed by atoms with E-state index >= 15 is 0 Å². The summed E-state index contributed by atoms with van der Waals surface area (Å²) in [7, 11) is 0. The molecular formula is C14H16ClN3O2S. The fourth-order valence-electron chi connectivity index (χ4n) is 1.65. The summed E-state index contributed by atoms with van der Waals surface area (Å²) in [5, 5.41) is 7.22. The third-order valence-corrected chi connectivity index (χ3v) is 3.39. The summed E-state index contributed by atoms with van der Waals surface area (Å²) in [6.07, 6.45) is 3.37. The van der Waals surface area contributed by atoms with Crippen molar-refractivity contribution in [3.63, 3.8) is 0 Å². The van der Waals surface area contributed by atoms with Crippen LogP contribution in [-0.2, 0) is 0 Å². The predicted molar refractivity (Wildman–Crippen MR) is 87.1 cm³/mol. The van der Waals surface area contributed by atoms with Gasteiger partial charge >= 0.3 is 0 Å². The molecule has 2 aromatic rings. The highest BCUT2D eigenvalue weighted by atomic mass is 35.5. The molecule has 0 unspecified atom stereocenters. The first-order valence-electron chi connectivity index (χ1n) is 6.52. The largest absolute Gasteiger partial charge is 0.490 e. The van der Waals surface area contributed by atoms with Crippen LogP contribution >= 0.6 is 22.9 Å². The number of nitrogens with one attached hydrogen (secondary N) is 1. The van der Waals surface area contributed by atoms with Crippen LogP contribution in [0.1, 0.15) is 19.4 Å². The molecule has 0 aliphatic heterocycles. The van der Waals surface area contributed by atoms with Crippen molar-refractivity contribution in [1.82, 2.24) is 4.98 Å². The summed E-state index contributed by atoms with van der Waals surface area (Å²) >= 11 is 7.70. The smallest absolute Gasteiger partial charge is 0.203 e. The number of halogens is 1. The Hall–Kier alpha value is -1.79. The molecule has 0 saturated heterocycles. The van der Waals surface area contributed by atoms with Crippen molar-refractivity contribution in [3.8, 4) is 11.5 Å². The minimum Gasteiger partial charge on any atom is -0.490 e. The number of thiazole rings is 1. The molecule has 0 aliphatic carbocycles. The maximum atomic E-state index is 6.23. The Labute approximate surface area is 132 Å². The Morgan fingerprint density at radius 2 is 2.14 bits per heavy atom. The molecule has 5 nitrogen and oxygen atoms in total. The van der Waals surface area contributed by atoms with E-state index in [1.54, 1.807) is 18.5 Å². The average molecular weight is 326 g/mol. The van der Waals surface area contributed by atoms with Crippen molar-refractivity contribution in [2.45, 2.75) is 13.8 Å². The molecule has 1 N–H and O–H groups in total. The second kappa shape index (κ2) is 7.85. The molecule has 2 rings (SSSR count). The Kier molecular flexibility index (Phi) is 5.83. The monoisotopic (exact) mass is 325 g/mol. The number of hydrogen-bond donors (Lipinski definition) is 1. The molecule has 0 amide bonds. The molecule has 7 heteroatoms. The van der Waals surface area contributed by atoms with Crippen molar-refractivity contribution in [3.05, 3.63) is 34.3 Å². The summed E-state index contributed by atoms with van der Waals surface area (Å²) in [5.74, 6) is 1.17. The quantitative estimate of drug-likeness (QED) is 0.616. The van der Waals surface area contributed by atoms with E-state index in [-0.39, 0.29) is 0 Å². The number of aromatic nitrogens is 1. The van der Waals surface area contributed by atoms with E-state index in [4.69, 9.17) is 21.1 Å². The average Bonchev–Trinajstić information content (AvgIpc) is 2.96. The zero-order valence-corrected chi connectivity index (χ0v) is 13.4. The fourth-order valence-corrected chi connectivity index (χ4v) is 2.40. The van der Waals surface area contributed by atoms with Gasteiger partial charge in [0.2, 0.25) is 5.13 Å². The number of rotatable bonds is 7. The van der Waals surface area contributed by atoms with Crippen LogP contribution in [0.4, 0.5) is 5.13 Å². The number of nitrogens with zero attached hydrogens (tertiary/aromatic N) is 2. The molecule has 1 aromatic heterocycles.